The molecule has 1 aliphatic rings. The molecule has 4 heteroatoms. The maximum atomic E-state index is 5.97. The van der Waals surface area contributed by atoms with Crippen molar-refractivity contribution in [2.75, 3.05) is 0 Å². The van der Waals surface area contributed by atoms with Crippen LogP contribution in [0.2, 0.25) is 0 Å². The van der Waals surface area contributed by atoms with E-state index in [2.05, 4.69) is 35.4 Å². The van der Waals surface area contributed by atoms with E-state index in [1.807, 2.05) is 11.6 Å². The van der Waals surface area contributed by atoms with Crippen LogP contribution in [0.5, 0.6) is 5.75 Å². The summed E-state index contributed by atoms with van der Waals surface area (Å²) in [5, 5.41) is 6.54. The summed E-state index contributed by atoms with van der Waals surface area (Å²) in [4.78, 5) is 4.25. The van der Waals surface area contributed by atoms with Gasteiger partial charge in [0.05, 0.1) is 0 Å². The second-order valence-electron chi connectivity index (χ2n) is 4.93. The molecule has 0 atom stereocenters. The topological polar surface area (TPSA) is 34.1 Å². The third kappa shape index (κ3) is 3.33. The van der Waals surface area contributed by atoms with E-state index >= 15 is 0 Å². The van der Waals surface area contributed by atoms with Crippen LogP contribution >= 0.6 is 11.3 Å². The number of thiazole rings is 1. The third-order valence-corrected chi connectivity index (χ3v) is 4.03. The SMILES string of the molecule is Cc1cccc(CNC2CC2)c1OCc1nccs1. The standard InChI is InChI=1S/C15H18N2OS/c1-11-3-2-4-12(9-17-13-5-6-13)15(11)18-10-14-16-7-8-19-14/h2-4,7-8,13,17H,5-6,9-10H2,1H3. The van der Waals surface area contributed by atoms with Gasteiger partial charge < -0.3 is 10.1 Å². The predicted molar refractivity (Wildman–Crippen MR) is 77.5 cm³/mol. The fourth-order valence-electron chi connectivity index (χ4n) is 2.06. The van der Waals surface area contributed by atoms with Crippen molar-refractivity contribution in [1.82, 2.24) is 10.3 Å². The summed E-state index contributed by atoms with van der Waals surface area (Å²) in [6, 6.07) is 7.04. The number of aromatic nitrogens is 1. The highest BCUT2D eigenvalue weighted by Crippen LogP contribution is 2.26. The quantitative estimate of drug-likeness (QED) is 0.877. The van der Waals surface area contributed by atoms with Crippen LogP contribution in [0.4, 0.5) is 0 Å². The summed E-state index contributed by atoms with van der Waals surface area (Å²) in [5.41, 5.74) is 2.43. The largest absolute Gasteiger partial charge is 0.486 e. The van der Waals surface area contributed by atoms with Crippen molar-refractivity contribution in [1.29, 1.82) is 0 Å². The molecular weight excluding hydrogens is 256 g/mol. The number of aryl methyl sites for hydroxylation is 1. The highest BCUT2D eigenvalue weighted by Gasteiger charge is 2.20. The minimum atomic E-state index is 0.555. The first-order valence-corrected chi connectivity index (χ1v) is 7.54. The van der Waals surface area contributed by atoms with E-state index in [-0.39, 0.29) is 0 Å². The fourth-order valence-corrected chi connectivity index (χ4v) is 2.59. The van der Waals surface area contributed by atoms with Gasteiger partial charge in [-0.05, 0) is 25.3 Å². The Kier molecular flexibility index (Phi) is 3.80. The molecule has 1 N–H and O–H groups in total. The minimum Gasteiger partial charge on any atom is -0.486 e. The lowest BCUT2D eigenvalue weighted by Gasteiger charge is -2.14. The van der Waals surface area contributed by atoms with Crippen LogP contribution in [0, 0.1) is 6.92 Å². The van der Waals surface area contributed by atoms with Gasteiger partial charge in [-0.25, -0.2) is 4.98 Å². The second-order valence-corrected chi connectivity index (χ2v) is 5.91. The lowest BCUT2D eigenvalue weighted by atomic mass is 10.1. The van der Waals surface area contributed by atoms with Gasteiger partial charge in [0.2, 0.25) is 0 Å². The number of nitrogens with zero attached hydrogens (tertiary/aromatic N) is 1. The molecule has 0 spiro atoms. The Labute approximate surface area is 117 Å². The first-order valence-electron chi connectivity index (χ1n) is 6.66. The van der Waals surface area contributed by atoms with Crippen molar-refractivity contribution < 1.29 is 4.74 Å². The molecule has 0 amide bonds. The zero-order chi connectivity index (χ0) is 13.1. The molecule has 1 heterocycles. The van der Waals surface area contributed by atoms with Gasteiger partial charge in [-0.3, -0.25) is 0 Å². The average molecular weight is 274 g/mol. The highest BCUT2D eigenvalue weighted by molar-refractivity contribution is 7.09. The van der Waals surface area contributed by atoms with Crippen LogP contribution in [0.1, 0.15) is 29.0 Å². The van der Waals surface area contributed by atoms with Crippen LogP contribution in [-0.4, -0.2) is 11.0 Å². The fraction of sp³-hybridized carbons (Fsp3) is 0.400. The van der Waals surface area contributed by atoms with Gasteiger partial charge in [0.25, 0.3) is 0 Å². The molecule has 0 radical (unpaired) electrons. The molecule has 0 saturated heterocycles. The minimum absolute atomic E-state index is 0.555. The molecule has 19 heavy (non-hydrogen) atoms. The van der Waals surface area contributed by atoms with Gasteiger partial charge in [-0.2, -0.15) is 0 Å². The van der Waals surface area contributed by atoms with Crippen LogP contribution in [0.25, 0.3) is 0 Å². The molecule has 1 aromatic heterocycles. The van der Waals surface area contributed by atoms with Crippen LogP contribution < -0.4 is 10.1 Å². The van der Waals surface area contributed by atoms with Gasteiger partial charge in [-0.1, -0.05) is 18.2 Å². The number of hydrogen-bond acceptors (Lipinski definition) is 4. The predicted octanol–water partition coefficient (Wildman–Crippen LogP) is 3.28. The molecule has 1 saturated carbocycles. The molecular formula is C15H18N2OS. The molecule has 100 valence electrons. The summed E-state index contributed by atoms with van der Waals surface area (Å²) >= 11 is 1.63. The number of benzene rings is 1. The monoisotopic (exact) mass is 274 g/mol. The van der Waals surface area contributed by atoms with E-state index in [0.29, 0.717) is 12.6 Å². The van der Waals surface area contributed by atoms with Gasteiger partial charge in [0.15, 0.2) is 0 Å². The van der Waals surface area contributed by atoms with E-state index in [4.69, 9.17) is 4.74 Å². The Morgan fingerprint density at radius 1 is 1.42 bits per heavy atom. The molecule has 2 aromatic rings. The average Bonchev–Trinajstić information content (AvgIpc) is 3.10. The van der Waals surface area contributed by atoms with Gasteiger partial charge in [0.1, 0.15) is 17.4 Å². The van der Waals surface area contributed by atoms with E-state index in [1.54, 1.807) is 11.3 Å². The lowest BCUT2D eigenvalue weighted by Crippen LogP contribution is -2.16. The maximum absolute atomic E-state index is 5.97. The molecule has 1 fully saturated rings. The van der Waals surface area contributed by atoms with Crippen molar-refractivity contribution >= 4 is 11.3 Å². The van der Waals surface area contributed by atoms with E-state index in [9.17, 15) is 0 Å². The number of hydrogen-bond donors (Lipinski definition) is 1. The highest BCUT2D eigenvalue weighted by atomic mass is 32.1. The molecule has 0 aliphatic heterocycles. The summed E-state index contributed by atoms with van der Waals surface area (Å²) in [5.74, 6) is 1.01. The second kappa shape index (κ2) is 5.72. The van der Waals surface area contributed by atoms with Crippen molar-refractivity contribution in [3.8, 4) is 5.75 Å². The Morgan fingerprint density at radius 3 is 3.05 bits per heavy atom. The molecule has 0 unspecified atom stereocenters. The summed E-state index contributed by atoms with van der Waals surface area (Å²) < 4.78 is 5.97. The van der Waals surface area contributed by atoms with Crippen LogP contribution in [-0.2, 0) is 13.2 Å². The first kappa shape index (κ1) is 12.6. The number of para-hydroxylation sites is 1. The summed E-state index contributed by atoms with van der Waals surface area (Å²) in [6.45, 7) is 3.54. The normalized spacial score (nSPS) is 14.6. The smallest absolute Gasteiger partial charge is 0.140 e. The van der Waals surface area contributed by atoms with Crippen molar-refractivity contribution in [2.45, 2.75) is 39.0 Å². The zero-order valence-corrected chi connectivity index (χ0v) is 11.9. The summed E-state index contributed by atoms with van der Waals surface area (Å²) in [6.07, 6.45) is 4.43. The molecule has 1 aliphatic carbocycles. The van der Waals surface area contributed by atoms with Gasteiger partial charge in [0, 0.05) is 29.7 Å². The Balaban J connectivity index is 1.69. The number of ether oxygens (including phenoxy) is 1. The van der Waals surface area contributed by atoms with E-state index in [0.717, 1.165) is 17.3 Å². The van der Waals surface area contributed by atoms with Gasteiger partial charge in [-0.15, -0.1) is 11.3 Å². The zero-order valence-electron chi connectivity index (χ0n) is 11.1. The van der Waals surface area contributed by atoms with Gasteiger partial charge >= 0.3 is 0 Å². The Hall–Kier alpha value is -1.39. The first-order chi connectivity index (χ1) is 9.33. The number of nitrogens with one attached hydrogen (secondary N) is 1. The van der Waals surface area contributed by atoms with E-state index < -0.39 is 0 Å². The van der Waals surface area contributed by atoms with Crippen molar-refractivity contribution in [3.63, 3.8) is 0 Å². The molecule has 3 rings (SSSR count). The Morgan fingerprint density at radius 2 is 2.32 bits per heavy atom. The molecule has 3 nitrogen and oxygen atoms in total. The van der Waals surface area contributed by atoms with Crippen LogP contribution in [0.15, 0.2) is 29.8 Å². The molecule has 0 bridgehead atoms. The Bertz CT molecular complexity index is 535. The number of rotatable bonds is 6. The van der Waals surface area contributed by atoms with Crippen molar-refractivity contribution in [2.24, 2.45) is 0 Å². The maximum Gasteiger partial charge on any atom is 0.140 e. The lowest BCUT2D eigenvalue weighted by molar-refractivity contribution is 0.299. The molecule has 1 aromatic carbocycles. The summed E-state index contributed by atoms with van der Waals surface area (Å²) in [7, 11) is 0. The van der Waals surface area contributed by atoms with Crippen molar-refractivity contribution in [3.05, 3.63) is 45.9 Å². The third-order valence-electron chi connectivity index (χ3n) is 3.28. The van der Waals surface area contributed by atoms with E-state index in [1.165, 1.54) is 24.0 Å². The van der Waals surface area contributed by atoms with Crippen LogP contribution in [0.3, 0.4) is 0 Å².